The van der Waals surface area contributed by atoms with Crippen LogP contribution in [-0.2, 0) is 6.54 Å². The van der Waals surface area contributed by atoms with Gasteiger partial charge < -0.3 is 5.73 Å². The van der Waals surface area contributed by atoms with Gasteiger partial charge in [0, 0.05) is 17.5 Å². The average Bonchev–Trinajstić information content (AvgIpc) is 2.30. The van der Waals surface area contributed by atoms with Crippen molar-refractivity contribution in [2.45, 2.75) is 13.5 Å². The van der Waals surface area contributed by atoms with Gasteiger partial charge in [0.2, 0.25) is 0 Å². The summed E-state index contributed by atoms with van der Waals surface area (Å²) in [6.07, 6.45) is 0. The molecule has 11 heavy (non-hydrogen) atoms. The third kappa shape index (κ3) is 1.55. The minimum Gasteiger partial charge on any atom is -0.326 e. The summed E-state index contributed by atoms with van der Waals surface area (Å²) in [7, 11) is 0. The molecule has 0 amide bonds. The predicted octanol–water partition coefficient (Wildman–Crippen LogP) is 1.42. The van der Waals surface area contributed by atoms with Gasteiger partial charge in [-0.2, -0.15) is 0 Å². The lowest BCUT2D eigenvalue weighted by atomic mass is 10.4. The van der Waals surface area contributed by atoms with E-state index in [2.05, 4.69) is 0 Å². The summed E-state index contributed by atoms with van der Waals surface area (Å²) in [6, 6.07) is 1.53. The molecular formula is C6H8N2O2S. The van der Waals surface area contributed by atoms with E-state index in [4.69, 9.17) is 5.73 Å². The van der Waals surface area contributed by atoms with E-state index >= 15 is 0 Å². The molecule has 60 valence electrons. The molecule has 0 radical (unpaired) electrons. The lowest BCUT2D eigenvalue weighted by Gasteiger charge is -1.83. The van der Waals surface area contributed by atoms with Gasteiger partial charge >= 0.3 is 0 Å². The van der Waals surface area contributed by atoms with Gasteiger partial charge in [-0.05, 0) is 6.92 Å². The number of aryl methyl sites for hydroxylation is 1. The molecule has 0 spiro atoms. The minimum atomic E-state index is -0.384. The van der Waals surface area contributed by atoms with Crippen LogP contribution in [0.5, 0.6) is 0 Å². The van der Waals surface area contributed by atoms with Gasteiger partial charge in [-0.3, -0.25) is 10.1 Å². The highest BCUT2D eigenvalue weighted by molar-refractivity contribution is 7.12. The van der Waals surface area contributed by atoms with Crippen molar-refractivity contribution in [3.8, 4) is 0 Å². The Hall–Kier alpha value is -0.940. The zero-order chi connectivity index (χ0) is 8.43. The van der Waals surface area contributed by atoms with Crippen molar-refractivity contribution in [3.05, 3.63) is 25.9 Å². The van der Waals surface area contributed by atoms with Crippen LogP contribution in [0, 0.1) is 17.0 Å². The lowest BCUT2D eigenvalue weighted by molar-refractivity contribution is -0.385. The third-order valence-electron chi connectivity index (χ3n) is 1.34. The van der Waals surface area contributed by atoms with Crippen LogP contribution >= 0.6 is 11.3 Å². The summed E-state index contributed by atoms with van der Waals surface area (Å²) in [5.41, 5.74) is 5.50. The van der Waals surface area contributed by atoms with E-state index in [1.165, 1.54) is 17.4 Å². The molecule has 0 aromatic carbocycles. The van der Waals surface area contributed by atoms with Crippen LogP contribution in [-0.4, -0.2) is 4.92 Å². The number of nitrogens with zero attached hydrogens (tertiary/aromatic N) is 1. The third-order valence-corrected chi connectivity index (χ3v) is 2.40. The molecule has 0 aliphatic heterocycles. The number of thiophene rings is 1. The maximum Gasteiger partial charge on any atom is 0.283 e. The predicted molar refractivity (Wildman–Crippen MR) is 43.6 cm³/mol. The number of nitro groups is 1. The van der Waals surface area contributed by atoms with Crippen molar-refractivity contribution in [1.29, 1.82) is 0 Å². The van der Waals surface area contributed by atoms with Gasteiger partial charge in [-0.15, -0.1) is 11.3 Å². The topological polar surface area (TPSA) is 69.2 Å². The largest absolute Gasteiger partial charge is 0.326 e. The zero-order valence-electron chi connectivity index (χ0n) is 6.03. The first-order chi connectivity index (χ1) is 5.15. The summed E-state index contributed by atoms with van der Waals surface area (Å²) in [5, 5.41) is 10.3. The van der Waals surface area contributed by atoms with Gasteiger partial charge in [0.15, 0.2) is 0 Å². The Morgan fingerprint density at radius 1 is 1.82 bits per heavy atom. The number of nitrogens with two attached hydrogens (primary N) is 1. The fourth-order valence-electron chi connectivity index (χ4n) is 0.814. The van der Waals surface area contributed by atoms with Crippen LogP contribution in [0.2, 0.25) is 0 Å². The second-order valence-corrected chi connectivity index (χ2v) is 3.46. The molecule has 0 saturated heterocycles. The van der Waals surface area contributed by atoms with E-state index in [0.29, 0.717) is 6.54 Å². The fourth-order valence-corrected chi connectivity index (χ4v) is 1.70. The van der Waals surface area contributed by atoms with Crippen molar-refractivity contribution in [2.75, 3.05) is 0 Å². The molecule has 0 saturated carbocycles. The molecule has 1 aromatic rings. The summed E-state index contributed by atoms with van der Waals surface area (Å²) < 4.78 is 0. The Labute approximate surface area is 67.8 Å². The van der Waals surface area contributed by atoms with E-state index in [0.717, 1.165) is 9.75 Å². The summed E-state index contributed by atoms with van der Waals surface area (Å²) >= 11 is 1.38. The van der Waals surface area contributed by atoms with Crippen LogP contribution in [0.4, 0.5) is 5.69 Å². The number of rotatable bonds is 2. The highest BCUT2D eigenvalue weighted by Gasteiger charge is 2.13. The quantitative estimate of drug-likeness (QED) is 0.541. The highest BCUT2D eigenvalue weighted by atomic mass is 32.1. The molecule has 4 nitrogen and oxygen atoms in total. The maximum absolute atomic E-state index is 10.3. The Morgan fingerprint density at radius 3 is 2.73 bits per heavy atom. The second-order valence-electron chi connectivity index (χ2n) is 2.12. The Balaban J connectivity index is 3.07. The monoisotopic (exact) mass is 172 g/mol. The lowest BCUT2D eigenvalue weighted by Crippen LogP contribution is -1.92. The molecule has 1 rings (SSSR count). The molecule has 0 unspecified atom stereocenters. The molecule has 5 heteroatoms. The highest BCUT2D eigenvalue weighted by Crippen LogP contribution is 2.27. The first-order valence-corrected chi connectivity index (χ1v) is 3.90. The molecule has 1 aromatic heterocycles. The van der Waals surface area contributed by atoms with Crippen LogP contribution in [0.15, 0.2) is 6.07 Å². The van der Waals surface area contributed by atoms with E-state index in [1.807, 2.05) is 0 Å². The van der Waals surface area contributed by atoms with E-state index < -0.39 is 0 Å². The SMILES string of the molecule is Cc1sc(CN)cc1[N+](=O)[O-]. The zero-order valence-corrected chi connectivity index (χ0v) is 6.85. The fraction of sp³-hybridized carbons (Fsp3) is 0.333. The minimum absolute atomic E-state index is 0.176. The summed E-state index contributed by atoms with van der Waals surface area (Å²) in [5.74, 6) is 0. The molecule has 0 bridgehead atoms. The summed E-state index contributed by atoms with van der Waals surface area (Å²) in [6.45, 7) is 2.10. The Kier molecular flexibility index (Phi) is 2.21. The molecule has 0 fully saturated rings. The van der Waals surface area contributed by atoms with Crippen LogP contribution in [0.3, 0.4) is 0 Å². The van der Waals surface area contributed by atoms with Crippen molar-refractivity contribution in [3.63, 3.8) is 0 Å². The Morgan fingerprint density at radius 2 is 2.45 bits per heavy atom. The van der Waals surface area contributed by atoms with Crippen LogP contribution in [0.25, 0.3) is 0 Å². The first kappa shape index (κ1) is 8.16. The van der Waals surface area contributed by atoms with Crippen LogP contribution in [0.1, 0.15) is 9.75 Å². The van der Waals surface area contributed by atoms with Gasteiger partial charge in [0.1, 0.15) is 0 Å². The second kappa shape index (κ2) is 2.98. The van der Waals surface area contributed by atoms with Gasteiger partial charge in [0.05, 0.1) is 9.80 Å². The molecule has 0 aliphatic rings. The van der Waals surface area contributed by atoms with E-state index in [1.54, 1.807) is 6.92 Å². The number of hydrogen-bond acceptors (Lipinski definition) is 4. The molecule has 2 N–H and O–H groups in total. The smallest absolute Gasteiger partial charge is 0.283 e. The molecule has 0 atom stereocenters. The standard InChI is InChI=1S/C6H8N2O2S/c1-4-6(8(9)10)2-5(3-7)11-4/h2H,3,7H2,1H3. The summed E-state index contributed by atoms with van der Waals surface area (Å²) in [4.78, 5) is 11.5. The molecular weight excluding hydrogens is 164 g/mol. The van der Waals surface area contributed by atoms with Gasteiger partial charge in [0.25, 0.3) is 5.69 Å². The Bertz CT molecular complexity index is 282. The van der Waals surface area contributed by atoms with E-state index in [9.17, 15) is 10.1 Å². The molecule has 1 heterocycles. The van der Waals surface area contributed by atoms with Gasteiger partial charge in [-0.25, -0.2) is 0 Å². The van der Waals surface area contributed by atoms with Crippen molar-refractivity contribution in [2.24, 2.45) is 5.73 Å². The van der Waals surface area contributed by atoms with Crippen molar-refractivity contribution < 1.29 is 4.92 Å². The van der Waals surface area contributed by atoms with Crippen molar-refractivity contribution >= 4 is 17.0 Å². The first-order valence-electron chi connectivity index (χ1n) is 3.09. The maximum atomic E-state index is 10.3. The van der Waals surface area contributed by atoms with Gasteiger partial charge in [-0.1, -0.05) is 0 Å². The number of hydrogen-bond donors (Lipinski definition) is 1. The molecule has 0 aliphatic carbocycles. The average molecular weight is 172 g/mol. The van der Waals surface area contributed by atoms with Crippen molar-refractivity contribution in [1.82, 2.24) is 0 Å². The normalized spacial score (nSPS) is 10.0. The van der Waals surface area contributed by atoms with Crippen LogP contribution < -0.4 is 5.73 Å². The van der Waals surface area contributed by atoms with E-state index in [-0.39, 0.29) is 10.6 Å².